The molecule has 2 saturated carbocycles. The van der Waals surface area contributed by atoms with Gasteiger partial charge in [0, 0.05) is 12.6 Å². The third kappa shape index (κ3) is 5.80. The summed E-state index contributed by atoms with van der Waals surface area (Å²) in [5.74, 6) is 0.590. The van der Waals surface area contributed by atoms with Crippen LogP contribution in [0.1, 0.15) is 57.8 Å². The molecule has 1 atom stereocenters. The fourth-order valence-corrected chi connectivity index (χ4v) is 3.13. The van der Waals surface area contributed by atoms with Crippen molar-refractivity contribution in [2.75, 3.05) is 20.1 Å². The Labute approximate surface area is 122 Å². The van der Waals surface area contributed by atoms with Crippen LogP contribution in [0.5, 0.6) is 0 Å². The maximum atomic E-state index is 12.1. The fraction of sp³-hybridized carbons (Fsp3) is 0.938. The second-order valence-electron chi connectivity index (χ2n) is 6.71. The molecule has 0 saturated heterocycles. The van der Waals surface area contributed by atoms with E-state index in [0.717, 1.165) is 25.7 Å². The van der Waals surface area contributed by atoms with Crippen LogP contribution in [0.15, 0.2) is 0 Å². The molecule has 116 valence electrons. The van der Waals surface area contributed by atoms with Gasteiger partial charge in [0.15, 0.2) is 0 Å². The monoisotopic (exact) mass is 282 g/mol. The summed E-state index contributed by atoms with van der Waals surface area (Å²) < 4.78 is 0. The largest absolute Gasteiger partial charge is 0.392 e. The van der Waals surface area contributed by atoms with Crippen molar-refractivity contribution in [3.05, 3.63) is 0 Å². The van der Waals surface area contributed by atoms with Crippen molar-refractivity contribution in [1.82, 2.24) is 10.2 Å². The summed E-state index contributed by atoms with van der Waals surface area (Å²) in [6, 6.07) is 0.365. The maximum absolute atomic E-state index is 12.1. The van der Waals surface area contributed by atoms with Gasteiger partial charge in [0.25, 0.3) is 0 Å². The van der Waals surface area contributed by atoms with Crippen LogP contribution in [-0.2, 0) is 4.79 Å². The molecule has 2 aliphatic carbocycles. The molecule has 2 rings (SSSR count). The molecule has 0 radical (unpaired) electrons. The van der Waals surface area contributed by atoms with E-state index in [1.165, 1.54) is 32.1 Å². The number of amides is 1. The van der Waals surface area contributed by atoms with Crippen molar-refractivity contribution in [2.45, 2.75) is 69.9 Å². The zero-order valence-corrected chi connectivity index (χ0v) is 12.8. The molecular weight excluding hydrogens is 252 g/mol. The van der Waals surface area contributed by atoms with Crippen LogP contribution in [0.25, 0.3) is 0 Å². The zero-order chi connectivity index (χ0) is 14.4. The lowest BCUT2D eigenvalue weighted by molar-refractivity contribution is -0.123. The zero-order valence-electron chi connectivity index (χ0n) is 12.8. The predicted octanol–water partition coefficient (Wildman–Crippen LogP) is 1.92. The van der Waals surface area contributed by atoms with Crippen LogP contribution >= 0.6 is 0 Å². The van der Waals surface area contributed by atoms with Crippen LogP contribution in [0.3, 0.4) is 0 Å². The molecule has 4 nitrogen and oxygen atoms in total. The minimum Gasteiger partial charge on any atom is -0.392 e. The van der Waals surface area contributed by atoms with Gasteiger partial charge in [-0.05, 0) is 38.6 Å². The quantitative estimate of drug-likeness (QED) is 0.782. The van der Waals surface area contributed by atoms with Crippen molar-refractivity contribution in [3.8, 4) is 0 Å². The number of carbonyl (C=O) groups is 1. The van der Waals surface area contributed by atoms with Crippen LogP contribution in [0.4, 0.5) is 0 Å². The number of rotatable bonds is 6. The lowest BCUT2D eigenvalue weighted by atomic mass is 9.97. The first-order valence-corrected chi connectivity index (χ1v) is 8.31. The van der Waals surface area contributed by atoms with E-state index in [2.05, 4.69) is 5.32 Å². The first kappa shape index (κ1) is 15.8. The van der Waals surface area contributed by atoms with Crippen molar-refractivity contribution in [1.29, 1.82) is 0 Å². The Balaban J connectivity index is 1.64. The van der Waals surface area contributed by atoms with E-state index in [1.807, 2.05) is 11.9 Å². The number of nitrogens with zero attached hydrogens (tertiary/aromatic N) is 1. The van der Waals surface area contributed by atoms with Gasteiger partial charge in [0.1, 0.15) is 0 Å². The highest BCUT2D eigenvalue weighted by Gasteiger charge is 2.30. The lowest BCUT2D eigenvalue weighted by Gasteiger charge is -2.24. The van der Waals surface area contributed by atoms with Crippen molar-refractivity contribution < 1.29 is 9.90 Å². The van der Waals surface area contributed by atoms with Gasteiger partial charge in [-0.1, -0.05) is 32.1 Å². The lowest BCUT2D eigenvalue weighted by Crippen LogP contribution is -2.43. The second kappa shape index (κ2) is 7.99. The number of aliphatic hydroxyl groups excluding tert-OH is 1. The molecular formula is C16H30N2O2. The minimum absolute atomic E-state index is 0.112. The molecule has 0 aromatic carbocycles. The van der Waals surface area contributed by atoms with E-state index in [-0.39, 0.29) is 12.0 Å². The summed E-state index contributed by atoms with van der Waals surface area (Å²) in [5.41, 5.74) is 0. The Morgan fingerprint density at radius 2 is 1.75 bits per heavy atom. The van der Waals surface area contributed by atoms with Gasteiger partial charge in [-0.25, -0.2) is 0 Å². The topological polar surface area (TPSA) is 52.6 Å². The summed E-state index contributed by atoms with van der Waals surface area (Å²) in [7, 11) is 1.92. The Morgan fingerprint density at radius 3 is 2.35 bits per heavy atom. The number of aliphatic hydroxyl groups is 1. The van der Waals surface area contributed by atoms with Crippen LogP contribution in [0.2, 0.25) is 0 Å². The Morgan fingerprint density at radius 1 is 1.15 bits per heavy atom. The van der Waals surface area contributed by atoms with Crippen LogP contribution < -0.4 is 5.32 Å². The number of hydrogen-bond acceptors (Lipinski definition) is 3. The molecule has 0 spiro atoms. The molecule has 0 aliphatic heterocycles. The molecule has 0 bridgehead atoms. The number of nitrogens with one attached hydrogen (secondary N) is 1. The van der Waals surface area contributed by atoms with Crippen LogP contribution in [0, 0.1) is 5.92 Å². The van der Waals surface area contributed by atoms with E-state index < -0.39 is 0 Å². The van der Waals surface area contributed by atoms with Gasteiger partial charge >= 0.3 is 0 Å². The van der Waals surface area contributed by atoms with E-state index >= 15 is 0 Å². The number of hydrogen-bond donors (Lipinski definition) is 2. The average Bonchev–Trinajstić information content (AvgIpc) is 3.16. The average molecular weight is 282 g/mol. The molecule has 2 aliphatic rings. The van der Waals surface area contributed by atoms with Gasteiger partial charge in [0.2, 0.25) is 5.91 Å². The van der Waals surface area contributed by atoms with Crippen LogP contribution in [-0.4, -0.2) is 48.2 Å². The maximum Gasteiger partial charge on any atom is 0.234 e. The van der Waals surface area contributed by atoms with E-state index in [4.69, 9.17) is 0 Å². The van der Waals surface area contributed by atoms with E-state index in [9.17, 15) is 9.90 Å². The Bertz CT molecular complexity index is 297. The van der Waals surface area contributed by atoms with Crippen molar-refractivity contribution >= 4 is 5.91 Å². The standard InChI is InChI=1S/C16H30N2O2/c1-18(11-15(19)13-9-10-13)12-16(20)17-14-7-5-3-2-4-6-8-14/h13-15,19H,2-12H2,1H3,(H,17,20). The summed E-state index contributed by atoms with van der Waals surface area (Å²) in [4.78, 5) is 14.0. The molecule has 0 aromatic rings. The number of likely N-dealkylation sites (N-methyl/N-ethyl adjacent to an activating group) is 1. The van der Waals surface area contributed by atoms with E-state index in [1.54, 1.807) is 0 Å². The molecule has 4 heteroatoms. The Kier molecular flexibility index (Phi) is 6.30. The molecule has 0 heterocycles. The van der Waals surface area contributed by atoms with Gasteiger partial charge in [-0.3, -0.25) is 9.69 Å². The normalized spacial score (nSPS) is 23.1. The van der Waals surface area contributed by atoms with Gasteiger partial charge < -0.3 is 10.4 Å². The molecule has 1 unspecified atom stereocenters. The third-order valence-electron chi connectivity index (χ3n) is 4.55. The smallest absolute Gasteiger partial charge is 0.234 e. The summed E-state index contributed by atoms with van der Waals surface area (Å²) in [6.07, 6.45) is 10.7. The summed E-state index contributed by atoms with van der Waals surface area (Å²) in [5, 5.41) is 13.1. The first-order chi connectivity index (χ1) is 9.65. The molecule has 1 amide bonds. The predicted molar refractivity (Wildman–Crippen MR) is 80.5 cm³/mol. The van der Waals surface area contributed by atoms with Gasteiger partial charge in [0.05, 0.1) is 12.6 Å². The van der Waals surface area contributed by atoms with E-state index in [0.29, 0.717) is 25.0 Å². The fourth-order valence-electron chi connectivity index (χ4n) is 3.13. The highest BCUT2D eigenvalue weighted by atomic mass is 16.3. The highest BCUT2D eigenvalue weighted by molar-refractivity contribution is 5.78. The third-order valence-corrected chi connectivity index (χ3v) is 4.55. The molecule has 20 heavy (non-hydrogen) atoms. The molecule has 2 fully saturated rings. The highest BCUT2D eigenvalue weighted by Crippen LogP contribution is 2.32. The second-order valence-corrected chi connectivity index (χ2v) is 6.71. The first-order valence-electron chi connectivity index (χ1n) is 8.31. The summed E-state index contributed by atoms with van der Waals surface area (Å²) >= 11 is 0. The van der Waals surface area contributed by atoms with Crippen molar-refractivity contribution in [3.63, 3.8) is 0 Å². The summed E-state index contributed by atoms with van der Waals surface area (Å²) in [6.45, 7) is 1.02. The Hall–Kier alpha value is -0.610. The minimum atomic E-state index is -0.255. The molecule has 0 aromatic heterocycles. The number of carbonyl (C=O) groups excluding carboxylic acids is 1. The van der Waals surface area contributed by atoms with Gasteiger partial charge in [-0.2, -0.15) is 0 Å². The van der Waals surface area contributed by atoms with Crippen molar-refractivity contribution in [2.24, 2.45) is 5.92 Å². The van der Waals surface area contributed by atoms with Gasteiger partial charge in [-0.15, -0.1) is 0 Å². The SMILES string of the molecule is CN(CC(=O)NC1CCCCCCC1)CC(O)C1CC1. The molecule has 2 N–H and O–H groups in total.